The van der Waals surface area contributed by atoms with Crippen LogP contribution in [-0.4, -0.2) is 10.1 Å². The molecule has 1 aromatic heterocycles. The largest absolute Gasteiger partial charge is 0.392 e. The molecule has 2 aromatic rings. The van der Waals surface area contributed by atoms with E-state index < -0.39 is 0 Å². The van der Waals surface area contributed by atoms with Crippen molar-refractivity contribution in [2.45, 2.75) is 6.61 Å². The van der Waals surface area contributed by atoms with Crippen molar-refractivity contribution < 1.29 is 5.11 Å². The Labute approximate surface area is 114 Å². The van der Waals surface area contributed by atoms with Gasteiger partial charge in [-0.3, -0.25) is 0 Å². The molecule has 0 aliphatic carbocycles. The number of hydrogen-bond donors (Lipinski definition) is 1. The third kappa shape index (κ3) is 2.72. The van der Waals surface area contributed by atoms with Crippen molar-refractivity contribution >= 4 is 34.8 Å². The summed E-state index contributed by atoms with van der Waals surface area (Å²) in [6.07, 6.45) is 0. The van der Waals surface area contributed by atoms with E-state index in [9.17, 15) is 5.11 Å². The number of aliphatic hydroxyl groups excluding tert-OH is 1. The molecule has 0 fully saturated rings. The normalized spacial score (nSPS) is 10.6. The number of benzene rings is 1. The zero-order chi connectivity index (χ0) is 12.4. The Balaban J connectivity index is 2.58. The van der Waals surface area contributed by atoms with Crippen LogP contribution in [0, 0.1) is 0 Å². The van der Waals surface area contributed by atoms with Crippen LogP contribution in [0.5, 0.6) is 0 Å². The Hall–Kier alpha value is -0.800. The molecule has 0 amide bonds. The molecular formula is C12H8Cl3NO. The van der Waals surface area contributed by atoms with Crippen molar-refractivity contribution in [3.05, 3.63) is 51.1 Å². The highest BCUT2D eigenvalue weighted by atomic mass is 35.5. The highest BCUT2D eigenvalue weighted by Crippen LogP contribution is 2.30. The van der Waals surface area contributed by atoms with Gasteiger partial charge in [0.05, 0.1) is 22.3 Å². The maximum atomic E-state index is 9.25. The molecule has 1 aromatic carbocycles. The lowest BCUT2D eigenvalue weighted by Gasteiger charge is -2.08. The fourth-order valence-electron chi connectivity index (χ4n) is 1.49. The summed E-state index contributed by atoms with van der Waals surface area (Å²) >= 11 is 17.6. The molecule has 0 saturated heterocycles. The second-order valence-corrected chi connectivity index (χ2v) is 4.63. The molecular weight excluding hydrogens is 280 g/mol. The third-order valence-corrected chi connectivity index (χ3v) is 3.26. The van der Waals surface area contributed by atoms with Crippen LogP contribution < -0.4 is 0 Å². The molecule has 1 heterocycles. The van der Waals surface area contributed by atoms with Crippen LogP contribution in [0.4, 0.5) is 0 Å². The number of rotatable bonds is 2. The van der Waals surface area contributed by atoms with Gasteiger partial charge in [-0.25, -0.2) is 4.98 Å². The molecule has 0 radical (unpaired) electrons. The highest BCUT2D eigenvalue weighted by Gasteiger charge is 2.09. The molecule has 0 bridgehead atoms. The molecule has 2 nitrogen and oxygen atoms in total. The molecule has 2 rings (SSSR count). The van der Waals surface area contributed by atoms with Gasteiger partial charge in [0.1, 0.15) is 5.15 Å². The Morgan fingerprint density at radius 2 is 1.76 bits per heavy atom. The zero-order valence-electron chi connectivity index (χ0n) is 8.62. The van der Waals surface area contributed by atoms with Crippen LogP contribution in [0.25, 0.3) is 11.3 Å². The summed E-state index contributed by atoms with van der Waals surface area (Å²) in [5.41, 5.74) is 2.07. The third-order valence-electron chi connectivity index (χ3n) is 2.31. The van der Waals surface area contributed by atoms with Gasteiger partial charge in [-0.1, -0.05) is 46.9 Å². The number of aliphatic hydroxyl groups is 1. The summed E-state index contributed by atoms with van der Waals surface area (Å²) in [5, 5.41) is 10.5. The van der Waals surface area contributed by atoms with Crippen LogP contribution >= 0.6 is 34.8 Å². The van der Waals surface area contributed by atoms with Crippen molar-refractivity contribution in [2.24, 2.45) is 0 Å². The van der Waals surface area contributed by atoms with Gasteiger partial charge in [-0.05, 0) is 18.2 Å². The lowest BCUT2D eigenvalue weighted by molar-refractivity contribution is 0.282. The van der Waals surface area contributed by atoms with Crippen molar-refractivity contribution in [1.82, 2.24) is 4.98 Å². The van der Waals surface area contributed by atoms with Gasteiger partial charge in [-0.2, -0.15) is 0 Å². The van der Waals surface area contributed by atoms with Crippen molar-refractivity contribution in [3.63, 3.8) is 0 Å². The van der Waals surface area contributed by atoms with Gasteiger partial charge in [0.2, 0.25) is 0 Å². The van der Waals surface area contributed by atoms with Crippen molar-refractivity contribution in [2.75, 3.05) is 0 Å². The molecule has 1 N–H and O–H groups in total. The number of hydrogen-bond acceptors (Lipinski definition) is 2. The molecule has 0 atom stereocenters. The molecule has 5 heteroatoms. The zero-order valence-corrected chi connectivity index (χ0v) is 10.9. The second kappa shape index (κ2) is 5.23. The summed E-state index contributed by atoms with van der Waals surface area (Å²) in [7, 11) is 0. The standard InChI is InChI=1S/C12H8Cl3NO/c13-9-3-1-7(5-10(9)14)12-8(6-17)2-4-11(15)16-12/h1-5,17H,6H2. The predicted molar refractivity (Wildman–Crippen MR) is 70.6 cm³/mol. The smallest absolute Gasteiger partial charge is 0.129 e. The first kappa shape index (κ1) is 12.7. The molecule has 88 valence electrons. The van der Waals surface area contributed by atoms with Gasteiger partial charge >= 0.3 is 0 Å². The number of aromatic nitrogens is 1. The van der Waals surface area contributed by atoms with Gasteiger partial charge in [0.25, 0.3) is 0 Å². The summed E-state index contributed by atoms with van der Waals surface area (Å²) < 4.78 is 0. The average molecular weight is 289 g/mol. The van der Waals surface area contributed by atoms with E-state index in [1.807, 2.05) is 0 Å². The lowest BCUT2D eigenvalue weighted by Crippen LogP contribution is -1.93. The Morgan fingerprint density at radius 1 is 1.00 bits per heavy atom. The summed E-state index contributed by atoms with van der Waals surface area (Å²) in [6.45, 7) is -0.111. The Bertz CT molecular complexity index is 557. The van der Waals surface area contributed by atoms with Gasteiger partial charge < -0.3 is 5.11 Å². The molecule has 17 heavy (non-hydrogen) atoms. The Kier molecular flexibility index (Phi) is 3.89. The molecule has 0 aliphatic rings. The number of pyridine rings is 1. The van der Waals surface area contributed by atoms with Crippen LogP contribution in [0.2, 0.25) is 15.2 Å². The minimum Gasteiger partial charge on any atom is -0.392 e. The van der Waals surface area contributed by atoms with E-state index >= 15 is 0 Å². The molecule has 0 spiro atoms. The van der Waals surface area contributed by atoms with Crippen molar-refractivity contribution in [1.29, 1.82) is 0 Å². The van der Waals surface area contributed by atoms with Gasteiger partial charge in [0.15, 0.2) is 0 Å². The Morgan fingerprint density at radius 3 is 2.41 bits per heavy atom. The summed E-state index contributed by atoms with van der Waals surface area (Å²) in [6, 6.07) is 8.53. The molecule has 0 unspecified atom stereocenters. The van der Waals surface area contributed by atoms with E-state index in [0.29, 0.717) is 26.5 Å². The van der Waals surface area contributed by atoms with Gasteiger partial charge in [0, 0.05) is 11.1 Å². The quantitative estimate of drug-likeness (QED) is 0.840. The average Bonchev–Trinajstić information content (AvgIpc) is 2.32. The van der Waals surface area contributed by atoms with E-state index in [2.05, 4.69) is 4.98 Å². The van der Waals surface area contributed by atoms with E-state index in [4.69, 9.17) is 34.8 Å². The molecule has 0 saturated carbocycles. The lowest BCUT2D eigenvalue weighted by atomic mass is 10.1. The first-order chi connectivity index (χ1) is 8.11. The monoisotopic (exact) mass is 287 g/mol. The second-order valence-electron chi connectivity index (χ2n) is 3.43. The van der Waals surface area contributed by atoms with Crippen molar-refractivity contribution in [3.8, 4) is 11.3 Å². The SMILES string of the molecule is OCc1ccc(Cl)nc1-c1ccc(Cl)c(Cl)c1. The van der Waals surface area contributed by atoms with Crippen LogP contribution in [0.3, 0.4) is 0 Å². The first-order valence-corrected chi connectivity index (χ1v) is 5.97. The van der Waals surface area contributed by atoms with Crippen LogP contribution in [-0.2, 0) is 6.61 Å². The van der Waals surface area contributed by atoms with E-state index in [1.54, 1.807) is 30.3 Å². The maximum Gasteiger partial charge on any atom is 0.129 e. The summed E-state index contributed by atoms with van der Waals surface area (Å²) in [4.78, 5) is 4.19. The fraction of sp³-hybridized carbons (Fsp3) is 0.0833. The first-order valence-electron chi connectivity index (χ1n) is 4.83. The molecule has 0 aliphatic heterocycles. The summed E-state index contributed by atoms with van der Waals surface area (Å²) in [5.74, 6) is 0. The van der Waals surface area contributed by atoms with E-state index in [-0.39, 0.29) is 6.61 Å². The number of halogens is 3. The minimum absolute atomic E-state index is 0.111. The highest BCUT2D eigenvalue weighted by molar-refractivity contribution is 6.42. The van der Waals surface area contributed by atoms with Crippen LogP contribution in [0.15, 0.2) is 30.3 Å². The fourth-order valence-corrected chi connectivity index (χ4v) is 1.93. The van der Waals surface area contributed by atoms with Crippen LogP contribution in [0.1, 0.15) is 5.56 Å². The van der Waals surface area contributed by atoms with E-state index in [1.165, 1.54) is 0 Å². The number of nitrogens with zero attached hydrogens (tertiary/aromatic N) is 1. The predicted octanol–water partition coefficient (Wildman–Crippen LogP) is 4.20. The maximum absolute atomic E-state index is 9.25. The topological polar surface area (TPSA) is 33.1 Å². The van der Waals surface area contributed by atoms with E-state index in [0.717, 1.165) is 5.56 Å². The van der Waals surface area contributed by atoms with Gasteiger partial charge in [-0.15, -0.1) is 0 Å². The minimum atomic E-state index is -0.111.